The van der Waals surface area contributed by atoms with Gasteiger partial charge in [-0.15, -0.1) is 0 Å². The van der Waals surface area contributed by atoms with E-state index in [1.54, 1.807) is 31.4 Å². The monoisotopic (exact) mass is 496 g/mol. The van der Waals surface area contributed by atoms with Crippen molar-refractivity contribution >= 4 is 10.8 Å². The maximum absolute atomic E-state index is 15.2. The minimum Gasteiger partial charge on any atom is -0.429 e. The fraction of sp³-hybridized carbons (Fsp3) is 0.385. The van der Waals surface area contributed by atoms with E-state index in [0.717, 1.165) is 24.1 Å². The van der Waals surface area contributed by atoms with Gasteiger partial charge in [0, 0.05) is 30.6 Å². The molecule has 1 heterocycles. The van der Waals surface area contributed by atoms with Crippen LogP contribution in [0.4, 0.5) is 22.0 Å². The van der Waals surface area contributed by atoms with Crippen molar-refractivity contribution in [2.24, 2.45) is 5.92 Å². The number of halogens is 5. The molecule has 3 aromatic carbocycles. The SMILES string of the molecule is COCCC1COC(c2ccc3c(F)c(CCc4cc(F)c(OC(F)F)c(F)c4)ccc3c2)OC1. The number of methoxy groups -OCH3 is 1. The van der Waals surface area contributed by atoms with Crippen LogP contribution in [-0.4, -0.2) is 33.5 Å². The summed E-state index contributed by atoms with van der Waals surface area (Å²) in [5, 5.41) is 1.07. The smallest absolute Gasteiger partial charge is 0.387 e. The van der Waals surface area contributed by atoms with Gasteiger partial charge in [-0.1, -0.05) is 24.3 Å². The summed E-state index contributed by atoms with van der Waals surface area (Å²) in [4.78, 5) is 0. The molecule has 0 aliphatic carbocycles. The predicted octanol–water partition coefficient (Wildman–Crippen LogP) is 6.34. The van der Waals surface area contributed by atoms with E-state index >= 15 is 4.39 Å². The summed E-state index contributed by atoms with van der Waals surface area (Å²) in [6.45, 7) is -1.60. The Morgan fingerprint density at radius 3 is 2.31 bits per heavy atom. The van der Waals surface area contributed by atoms with E-state index in [0.29, 0.717) is 36.2 Å². The van der Waals surface area contributed by atoms with Crippen molar-refractivity contribution in [3.05, 3.63) is 76.6 Å². The minimum absolute atomic E-state index is 0.108. The predicted molar refractivity (Wildman–Crippen MR) is 119 cm³/mol. The molecule has 188 valence electrons. The van der Waals surface area contributed by atoms with E-state index in [9.17, 15) is 17.6 Å². The van der Waals surface area contributed by atoms with Gasteiger partial charge in [0.15, 0.2) is 23.7 Å². The molecule has 9 heteroatoms. The maximum atomic E-state index is 15.2. The number of rotatable bonds is 9. The van der Waals surface area contributed by atoms with Gasteiger partial charge in [-0.2, -0.15) is 8.78 Å². The lowest BCUT2D eigenvalue weighted by Gasteiger charge is -2.29. The molecule has 3 aromatic rings. The minimum atomic E-state index is -3.34. The topological polar surface area (TPSA) is 36.9 Å². The van der Waals surface area contributed by atoms with Crippen LogP contribution in [0.2, 0.25) is 0 Å². The maximum Gasteiger partial charge on any atom is 0.387 e. The number of hydrogen-bond donors (Lipinski definition) is 0. The van der Waals surface area contributed by atoms with Crippen molar-refractivity contribution in [3.8, 4) is 5.75 Å². The molecule has 0 spiro atoms. The third-order valence-electron chi connectivity index (χ3n) is 5.98. The van der Waals surface area contributed by atoms with Crippen LogP contribution in [0.3, 0.4) is 0 Å². The van der Waals surface area contributed by atoms with Crippen LogP contribution in [0, 0.1) is 23.4 Å². The van der Waals surface area contributed by atoms with Crippen LogP contribution in [0.1, 0.15) is 29.4 Å². The fourth-order valence-electron chi connectivity index (χ4n) is 4.12. The molecule has 0 unspecified atom stereocenters. The van der Waals surface area contributed by atoms with Gasteiger partial charge in [0.2, 0.25) is 0 Å². The van der Waals surface area contributed by atoms with Crippen molar-refractivity contribution < 1.29 is 40.9 Å². The van der Waals surface area contributed by atoms with Gasteiger partial charge < -0.3 is 18.9 Å². The van der Waals surface area contributed by atoms with Gasteiger partial charge in [-0.3, -0.25) is 0 Å². The molecule has 1 saturated heterocycles. The van der Waals surface area contributed by atoms with E-state index in [2.05, 4.69) is 4.74 Å². The molecular formula is C26H25F5O4. The molecule has 1 aliphatic heterocycles. The summed E-state index contributed by atoms with van der Waals surface area (Å²) < 4.78 is 88.3. The van der Waals surface area contributed by atoms with E-state index in [-0.39, 0.29) is 24.3 Å². The summed E-state index contributed by atoms with van der Waals surface area (Å²) in [5.74, 6) is -3.76. The largest absolute Gasteiger partial charge is 0.429 e. The van der Waals surface area contributed by atoms with Crippen LogP contribution in [0.25, 0.3) is 10.8 Å². The first kappa shape index (κ1) is 25.3. The molecule has 0 bridgehead atoms. The number of benzene rings is 3. The Labute approximate surface area is 199 Å². The molecule has 0 amide bonds. The molecule has 35 heavy (non-hydrogen) atoms. The molecule has 0 saturated carbocycles. The van der Waals surface area contributed by atoms with Crippen LogP contribution < -0.4 is 4.74 Å². The Balaban J connectivity index is 1.44. The Hall–Kier alpha value is -2.75. The summed E-state index contributed by atoms with van der Waals surface area (Å²) in [5.41, 5.74) is 1.35. The van der Waals surface area contributed by atoms with E-state index < -0.39 is 36.1 Å². The summed E-state index contributed by atoms with van der Waals surface area (Å²) in [6.07, 6.45) is 0.594. The van der Waals surface area contributed by atoms with E-state index in [4.69, 9.17) is 14.2 Å². The zero-order chi connectivity index (χ0) is 24.9. The van der Waals surface area contributed by atoms with Crippen LogP contribution >= 0.6 is 0 Å². The molecule has 4 nitrogen and oxygen atoms in total. The highest BCUT2D eigenvalue weighted by atomic mass is 19.3. The average molecular weight is 496 g/mol. The molecule has 0 radical (unpaired) electrons. The number of hydrogen-bond acceptors (Lipinski definition) is 4. The summed E-state index contributed by atoms with van der Waals surface area (Å²) in [6, 6.07) is 10.4. The first-order chi connectivity index (χ1) is 16.9. The second-order valence-corrected chi connectivity index (χ2v) is 8.43. The van der Waals surface area contributed by atoms with E-state index in [1.165, 1.54) is 0 Å². The van der Waals surface area contributed by atoms with Crippen molar-refractivity contribution in [1.82, 2.24) is 0 Å². The summed E-state index contributed by atoms with van der Waals surface area (Å²) in [7, 11) is 1.65. The molecule has 0 N–H and O–H groups in total. The van der Waals surface area contributed by atoms with Crippen LogP contribution in [-0.2, 0) is 27.1 Å². The second kappa shape index (κ2) is 11.3. The number of alkyl halides is 2. The lowest BCUT2D eigenvalue weighted by Crippen LogP contribution is -2.27. The van der Waals surface area contributed by atoms with Crippen molar-refractivity contribution in [1.29, 1.82) is 0 Å². The Morgan fingerprint density at radius 2 is 1.66 bits per heavy atom. The number of aryl methyl sites for hydroxylation is 2. The molecular weight excluding hydrogens is 471 g/mol. The Bertz CT molecular complexity index is 1140. The lowest BCUT2D eigenvalue weighted by atomic mass is 9.98. The van der Waals surface area contributed by atoms with Crippen LogP contribution in [0.5, 0.6) is 5.75 Å². The van der Waals surface area contributed by atoms with Crippen molar-refractivity contribution in [3.63, 3.8) is 0 Å². The molecule has 0 aromatic heterocycles. The highest BCUT2D eigenvalue weighted by Crippen LogP contribution is 2.31. The second-order valence-electron chi connectivity index (χ2n) is 8.43. The Morgan fingerprint density at radius 1 is 0.943 bits per heavy atom. The van der Waals surface area contributed by atoms with Gasteiger partial charge in [0.25, 0.3) is 0 Å². The van der Waals surface area contributed by atoms with Crippen molar-refractivity contribution in [2.75, 3.05) is 26.9 Å². The molecule has 0 atom stereocenters. The van der Waals surface area contributed by atoms with Gasteiger partial charge >= 0.3 is 6.61 Å². The van der Waals surface area contributed by atoms with Crippen molar-refractivity contribution in [2.45, 2.75) is 32.2 Å². The lowest BCUT2D eigenvalue weighted by molar-refractivity contribution is -0.207. The van der Waals surface area contributed by atoms with Gasteiger partial charge in [-0.25, -0.2) is 13.2 Å². The highest BCUT2D eigenvalue weighted by Gasteiger charge is 2.24. The zero-order valence-corrected chi connectivity index (χ0v) is 19.0. The van der Waals surface area contributed by atoms with Gasteiger partial charge in [-0.05, 0) is 54.0 Å². The molecule has 1 aliphatic rings. The normalized spacial score (nSPS) is 18.4. The first-order valence-corrected chi connectivity index (χ1v) is 11.2. The fourth-order valence-corrected chi connectivity index (χ4v) is 4.12. The Kier molecular flexibility index (Phi) is 8.20. The molecule has 4 rings (SSSR count). The third-order valence-corrected chi connectivity index (χ3v) is 5.98. The van der Waals surface area contributed by atoms with Gasteiger partial charge in [0.1, 0.15) is 5.82 Å². The number of fused-ring (bicyclic) bond motifs is 1. The summed E-state index contributed by atoms with van der Waals surface area (Å²) >= 11 is 0. The third kappa shape index (κ3) is 6.09. The number of ether oxygens (including phenoxy) is 4. The molecule has 1 fully saturated rings. The average Bonchev–Trinajstić information content (AvgIpc) is 2.84. The quantitative estimate of drug-likeness (QED) is 0.324. The van der Waals surface area contributed by atoms with E-state index in [1.807, 2.05) is 6.07 Å². The van der Waals surface area contributed by atoms with Crippen LogP contribution in [0.15, 0.2) is 42.5 Å². The highest BCUT2D eigenvalue weighted by molar-refractivity contribution is 5.84. The first-order valence-electron chi connectivity index (χ1n) is 11.2. The zero-order valence-electron chi connectivity index (χ0n) is 19.0. The standard InChI is InChI=1S/C26H25F5O4/c1-32-9-8-16-13-33-25(34-14-16)19-6-7-20-18(12-19)5-4-17(23(20)29)3-2-15-10-21(27)24(22(28)11-15)35-26(30)31/h4-7,10-12,16,25-26H,2-3,8-9,13-14H2,1H3. The van der Waals surface area contributed by atoms with Gasteiger partial charge in [0.05, 0.1) is 13.2 Å².